The van der Waals surface area contributed by atoms with Crippen LogP contribution in [0.2, 0.25) is 0 Å². The molecule has 158 valence electrons. The molecule has 10 heteroatoms. The standard InChI is InChI=1S/C18H23N3O5.CH2O2/c1-11-13(7-12(8-19)15(23)20-11)16(24)21-5-3-18(4-6-21)10-17(2,25)14(22)9-26-18;2-1-3/h7,14,22,25H,3-6,9-10H2,1-2H3,(H,20,23);1H,(H,2,3)/t14-,17-;/m0./s1. The minimum Gasteiger partial charge on any atom is -0.483 e. The average Bonchev–Trinajstić information content (AvgIpc) is 2.66. The lowest BCUT2D eigenvalue weighted by Crippen LogP contribution is -2.59. The van der Waals surface area contributed by atoms with Crippen molar-refractivity contribution in [2.24, 2.45) is 0 Å². The van der Waals surface area contributed by atoms with E-state index in [4.69, 9.17) is 19.9 Å². The SMILES string of the molecule is Cc1[nH]c(=O)c(C#N)cc1C(=O)N1CCC2(CC1)C[C@](C)(O)[C@@H](O)CO2.O=CO. The van der Waals surface area contributed by atoms with Gasteiger partial charge in [0.1, 0.15) is 17.7 Å². The number of H-pyrrole nitrogens is 1. The monoisotopic (exact) mass is 407 g/mol. The third kappa shape index (κ3) is 4.82. The molecule has 1 amide bonds. The number of aromatic amines is 1. The number of rotatable bonds is 1. The quantitative estimate of drug-likeness (QED) is 0.463. The van der Waals surface area contributed by atoms with Crippen LogP contribution < -0.4 is 5.56 Å². The van der Waals surface area contributed by atoms with Crippen molar-refractivity contribution in [1.82, 2.24) is 9.88 Å². The van der Waals surface area contributed by atoms with Gasteiger partial charge in [-0.05, 0) is 32.8 Å². The molecule has 2 aliphatic heterocycles. The minimum atomic E-state index is -1.21. The Morgan fingerprint density at radius 3 is 2.55 bits per heavy atom. The number of aromatic nitrogens is 1. The number of hydrogen-bond acceptors (Lipinski definition) is 7. The van der Waals surface area contributed by atoms with Gasteiger partial charge in [0, 0.05) is 25.2 Å². The van der Waals surface area contributed by atoms with Crippen molar-refractivity contribution < 1.29 is 29.6 Å². The van der Waals surface area contributed by atoms with Crippen LogP contribution in [0.3, 0.4) is 0 Å². The lowest BCUT2D eigenvalue weighted by molar-refractivity contribution is -0.221. The predicted octanol–water partition coefficient (Wildman–Crippen LogP) is -0.237. The first kappa shape index (κ1) is 22.5. The van der Waals surface area contributed by atoms with Gasteiger partial charge >= 0.3 is 0 Å². The van der Waals surface area contributed by atoms with Crippen LogP contribution in [0.5, 0.6) is 0 Å². The van der Waals surface area contributed by atoms with E-state index in [1.54, 1.807) is 24.8 Å². The highest BCUT2D eigenvalue weighted by molar-refractivity contribution is 5.95. The molecule has 2 saturated heterocycles. The molecule has 1 aromatic heterocycles. The molecule has 3 rings (SSSR count). The third-order valence-electron chi connectivity index (χ3n) is 5.50. The van der Waals surface area contributed by atoms with Crippen molar-refractivity contribution in [3.63, 3.8) is 0 Å². The molecule has 0 bridgehead atoms. The molecule has 2 fully saturated rings. The second-order valence-corrected chi connectivity index (χ2v) is 7.60. The number of carboxylic acid groups (broad SMARTS) is 1. The summed E-state index contributed by atoms with van der Waals surface area (Å²) >= 11 is 0. The van der Waals surface area contributed by atoms with Gasteiger partial charge in [0.15, 0.2) is 0 Å². The first-order valence-electron chi connectivity index (χ1n) is 9.14. The molecule has 1 spiro atoms. The number of pyridine rings is 1. The fourth-order valence-electron chi connectivity index (χ4n) is 3.79. The number of aryl methyl sites for hydroxylation is 1. The number of amides is 1. The minimum absolute atomic E-state index is 0.0749. The maximum absolute atomic E-state index is 12.8. The zero-order valence-corrected chi connectivity index (χ0v) is 16.3. The molecule has 0 aromatic carbocycles. The van der Waals surface area contributed by atoms with Crippen LogP contribution in [0.15, 0.2) is 10.9 Å². The van der Waals surface area contributed by atoms with Crippen molar-refractivity contribution in [3.05, 3.63) is 33.2 Å². The Hall–Kier alpha value is -2.74. The van der Waals surface area contributed by atoms with E-state index in [1.807, 2.05) is 0 Å². The molecule has 0 unspecified atom stereocenters. The average molecular weight is 407 g/mol. The molecular weight excluding hydrogens is 382 g/mol. The number of piperidine rings is 1. The summed E-state index contributed by atoms with van der Waals surface area (Å²) in [5.74, 6) is -0.243. The first-order valence-corrected chi connectivity index (χ1v) is 9.14. The van der Waals surface area contributed by atoms with Crippen molar-refractivity contribution >= 4 is 12.4 Å². The van der Waals surface area contributed by atoms with Gasteiger partial charge in [-0.3, -0.25) is 14.4 Å². The molecule has 1 aromatic rings. The molecular formula is C19H25N3O7. The second kappa shape index (κ2) is 8.73. The van der Waals surface area contributed by atoms with Gasteiger partial charge in [0.25, 0.3) is 17.9 Å². The van der Waals surface area contributed by atoms with Gasteiger partial charge in [-0.25, -0.2) is 0 Å². The van der Waals surface area contributed by atoms with Crippen LogP contribution in [0.4, 0.5) is 0 Å². The maximum atomic E-state index is 12.8. The number of carbonyl (C=O) groups excluding carboxylic acids is 1. The topological polar surface area (TPSA) is 164 Å². The van der Waals surface area contributed by atoms with Crippen LogP contribution in [0.1, 0.15) is 47.8 Å². The van der Waals surface area contributed by atoms with E-state index < -0.39 is 22.9 Å². The second-order valence-electron chi connectivity index (χ2n) is 7.60. The molecule has 2 aliphatic rings. The Morgan fingerprint density at radius 1 is 1.45 bits per heavy atom. The number of nitrogens with zero attached hydrogens (tertiary/aromatic N) is 2. The van der Waals surface area contributed by atoms with E-state index in [2.05, 4.69) is 4.98 Å². The van der Waals surface area contributed by atoms with Crippen LogP contribution in [-0.2, 0) is 9.53 Å². The number of aliphatic hydroxyl groups excluding tert-OH is 1. The summed E-state index contributed by atoms with van der Waals surface area (Å²) in [7, 11) is 0. The lowest BCUT2D eigenvalue weighted by Gasteiger charge is -2.49. The van der Waals surface area contributed by atoms with Gasteiger partial charge in [-0.2, -0.15) is 5.26 Å². The van der Waals surface area contributed by atoms with Gasteiger partial charge in [0.05, 0.1) is 23.4 Å². The summed E-state index contributed by atoms with van der Waals surface area (Å²) in [4.78, 5) is 37.0. The molecule has 10 nitrogen and oxygen atoms in total. The highest BCUT2D eigenvalue weighted by Gasteiger charge is 2.49. The highest BCUT2D eigenvalue weighted by Crippen LogP contribution is 2.39. The largest absolute Gasteiger partial charge is 0.483 e. The summed E-state index contributed by atoms with van der Waals surface area (Å²) in [6.07, 6.45) is 0.505. The fraction of sp³-hybridized carbons (Fsp3) is 0.579. The summed E-state index contributed by atoms with van der Waals surface area (Å²) in [6, 6.07) is 3.13. The number of carbonyl (C=O) groups is 2. The number of nitriles is 1. The summed E-state index contributed by atoms with van der Waals surface area (Å²) in [6.45, 7) is 3.93. The smallest absolute Gasteiger partial charge is 0.290 e. The van der Waals surface area contributed by atoms with Gasteiger partial charge in [-0.15, -0.1) is 0 Å². The number of likely N-dealkylation sites (tertiary alicyclic amines) is 1. The van der Waals surface area contributed by atoms with Crippen molar-refractivity contribution in [2.75, 3.05) is 19.7 Å². The Balaban J connectivity index is 0.000000941. The third-order valence-corrected chi connectivity index (χ3v) is 5.50. The van der Waals surface area contributed by atoms with Gasteiger partial charge < -0.3 is 29.9 Å². The molecule has 29 heavy (non-hydrogen) atoms. The molecule has 0 aliphatic carbocycles. The van der Waals surface area contributed by atoms with Crippen LogP contribution in [0, 0.1) is 18.3 Å². The first-order chi connectivity index (χ1) is 13.6. The van der Waals surface area contributed by atoms with Crippen molar-refractivity contribution in [2.45, 2.75) is 50.4 Å². The predicted molar refractivity (Wildman–Crippen MR) is 100 cm³/mol. The van der Waals surface area contributed by atoms with Crippen molar-refractivity contribution in [3.8, 4) is 6.07 Å². The normalized spacial score (nSPS) is 25.5. The Kier molecular flexibility index (Phi) is 6.79. The van der Waals surface area contributed by atoms with E-state index in [-0.39, 0.29) is 24.5 Å². The molecule has 3 heterocycles. The summed E-state index contributed by atoms with van der Waals surface area (Å²) < 4.78 is 5.83. The van der Waals surface area contributed by atoms with Gasteiger partial charge in [0.2, 0.25) is 0 Å². The fourth-order valence-corrected chi connectivity index (χ4v) is 3.79. The Bertz CT molecular complexity index is 864. The number of nitrogens with one attached hydrogen (secondary N) is 1. The van der Waals surface area contributed by atoms with Crippen LogP contribution >= 0.6 is 0 Å². The number of hydrogen-bond donors (Lipinski definition) is 4. The number of aliphatic hydroxyl groups is 2. The number of ether oxygens (including phenoxy) is 1. The highest BCUT2D eigenvalue weighted by atomic mass is 16.5. The van der Waals surface area contributed by atoms with E-state index in [0.29, 0.717) is 43.6 Å². The molecule has 2 atom stereocenters. The van der Waals surface area contributed by atoms with E-state index >= 15 is 0 Å². The molecule has 4 N–H and O–H groups in total. The summed E-state index contributed by atoms with van der Waals surface area (Å²) in [5.41, 5.74) is -1.61. The Morgan fingerprint density at radius 2 is 2.03 bits per heavy atom. The maximum Gasteiger partial charge on any atom is 0.290 e. The lowest BCUT2D eigenvalue weighted by atomic mass is 9.76. The van der Waals surface area contributed by atoms with Crippen LogP contribution in [-0.4, -0.2) is 74.6 Å². The Labute approximate surface area is 167 Å². The van der Waals surface area contributed by atoms with Gasteiger partial charge in [-0.1, -0.05) is 0 Å². The molecule has 0 saturated carbocycles. The molecule has 0 radical (unpaired) electrons. The van der Waals surface area contributed by atoms with Crippen LogP contribution in [0.25, 0.3) is 0 Å². The van der Waals surface area contributed by atoms with E-state index in [1.165, 1.54) is 6.07 Å². The zero-order chi connectivity index (χ0) is 21.8. The van der Waals surface area contributed by atoms with E-state index in [0.717, 1.165) is 0 Å². The zero-order valence-electron chi connectivity index (χ0n) is 16.3. The van der Waals surface area contributed by atoms with E-state index in [9.17, 15) is 19.8 Å². The van der Waals surface area contributed by atoms with Crippen molar-refractivity contribution in [1.29, 1.82) is 5.26 Å². The summed E-state index contributed by atoms with van der Waals surface area (Å²) in [5, 5.41) is 36.1.